The second kappa shape index (κ2) is 6.55. The Morgan fingerprint density at radius 1 is 1.16 bits per heavy atom. The normalized spacial score (nSPS) is 10.5. The zero-order valence-electron chi connectivity index (χ0n) is 11.1. The molecule has 0 saturated carbocycles. The minimum absolute atomic E-state index is 0.633. The molecule has 100 valence electrons. The molecule has 4 heteroatoms. The lowest BCUT2D eigenvalue weighted by Crippen LogP contribution is -2.12. The van der Waals surface area contributed by atoms with E-state index in [2.05, 4.69) is 16.4 Å². The highest BCUT2D eigenvalue weighted by atomic mass is 35.5. The van der Waals surface area contributed by atoms with Crippen LogP contribution >= 0.6 is 11.6 Å². The summed E-state index contributed by atoms with van der Waals surface area (Å²) < 4.78 is 5.02. The van der Waals surface area contributed by atoms with Gasteiger partial charge in [-0.1, -0.05) is 29.8 Å². The smallest absolute Gasteiger partial charge is 0.212 e. The van der Waals surface area contributed by atoms with Gasteiger partial charge in [-0.25, -0.2) is 4.98 Å². The first-order chi connectivity index (χ1) is 9.19. The van der Waals surface area contributed by atoms with Crippen molar-refractivity contribution < 1.29 is 4.74 Å². The summed E-state index contributed by atoms with van der Waals surface area (Å²) in [7, 11) is 1.61. The summed E-state index contributed by atoms with van der Waals surface area (Å²) in [6, 6.07) is 9.98. The molecule has 1 heterocycles. The van der Waals surface area contributed by atoms with Crippen molar-refractivity contribution in [2.75, 3.05) is 7.11 Å². The van der Waals surface area contributed by atoms with E-state index in [4.69, 9.17) is 16.3 Å². The molecule has 0 bridgehead atoms. The van der Waals surface area contributed by atoms with Gasteiger partial charge in [0.25, 0.3) is 0 Å². The Hall–Kier alpha value is -1.58. The molecule has 1 aromatic heterocycles. The Kier molecular flexibility index (Phi) is 4.77. The lowest BCUT2D eigenvalue weighted by atomic mass is 10.1. The van der Waals surface area contributed by atoms with Crippen molar-refractivity contribution in [3.8, 4) is 5.88 Å². The predicted octanol–water partition coefficient (Wildman–Crippen LogP) is 3.34. The molecule has 0 saturated heterocycles. The van der Waals surface area contributed by atoms with Crippen molar-refractivity contribution in [1.82, 2.24) is 10.3 Å². The molecule has 1 aromatic carbocycles. The van der Waals surface area contributed by atoms with Gasteiger partial charge in [0, 0.05) is 30.4 Å². The third kappa shape index (κ3) is 3.94. The standard InChI is InChI=1S/C15H17ClN2O/c1-11-3-4-12(7-14(11)16)8-17-9-13-5-6-15(19-2)18-10-13/h3-7,10,17H,8-9H2,1-2H3. The summed E-state index contributed by atoms with van der Waals surface area (Å²) in [5, 5.41) is 4.17. The Bertz CT molecular complexity index is 540. The monoisotopic (exact) mass is 276 g/mol. The van der Waals surface area contributed by atoms with Gasteiger partial charge in [0.2, 0.25) is 5.88 Å². The summed E-state index contributed by atoms with van der Waals surface area (Å²) in [4.78, 5) is 4.17. The molecule has 3 nitrogen and oxygen atoms in total. The number of nitrogens with one attached hydrogen (secondary N) is 1. The Labute approximate surface area is 118 Å². The zero-order chi connectivity index (χ0) is 13.7. The largest absolute Gasteiger partial charge is 0.481 e. The Morgan fingerprint density at radius 2 is 1.89 bits per heavy atom. The maximum absolute atomic E-state index is 6.09. The molecule has 0 unspecified atom stereocenters. The first-order valence-electron chi connectivity index (χ1n) is 6.13. The molecule has 2 aromatic rings. The minimum Gasteiger partial charge on any atom is -0.481 e. The third-order valence-electron chi connectivity index (χ3n) is 2.90. The van der Waals surface area contributed by atoms with Crippen molar-refractivity contribution >= 4 is 11.6 Å². The van der Waals surface area contributed by atoms with Crippen LogP contribution in [-0.2, 0) is 13.1 Å². The topological polar surface area (TPSA) is 34.1 Å². The Morgan fingerprint density at radius 3 is 2.53 bits per heavy atom. The fraction of sp³-hybridized carbons (Fsp3) is 0.267. The third-order valence-corrected chi connectivity index (χ3v) is 3.31. The van der Waals surface area contributed by atoms with Gasteiger partial charge in [-0.3, -0.25) is 0 Å². The predicted molar refractivity (Wildman–Crippen MR) is 77.5 cm³/mol. The van der Waals surface area contributed by atoms with Crippen LogP contribution in [0.25, 0.3) is 0 Å². The van der Waals surface area contributed by atoms with Crippen LogP contribution < -0.4 is 10.1 Å². The van der Waals surface area contributed by atoms with E-state index in [0.29, 0.717) is 5.88 Å². The molecule has 0 fully saturated rings. The molecule has 0 radical (unpaired) electrons. The van der Waals surface area contributed by atoms with Crippen molar-refractivity contribution in [1.29, 1.82) is 0 Å². The zero-order valence-corrected chi connectivity index (χ0v) is 11.9. The number of rotatable bonds is 5. The van der Waals surface area contributed by atoms with Crippen LogP contribution in [0, 0.1) is 6.92 Å². The minimum atomic E-state index is 0.633. The van der Waals surface area contributed by atoms with E-state index in [1.54, 1.807) is 7.11 Å². The van der Waals surface area contributed by atoms with E-state index in [0.717, 1.165) is 29.2 Å². The van der Waals surface area contributed by atoms with Crippen molar-refractivity contribution in [2.24, 2.45) is 0 Å². The van der Waals surface area contributed by atoms with E-state index >= 15 is 0 Å². The number of nitrogens with zero attached hydrogens (tertiary/aromatic N) is 1. The number of hydrogen-bond acceptors (Lipinski definition) is 3. The molecular weight excluding hydrogens is 260 g/mol. The molecule has 0 aliphatic carbocycles. The van der Waals surface area contributed by atoms with Crippen LogP contribution in [0.1, 0.15) is 16.7 Å². The molecule has 0 spiro atoms. The van der Waals surface area contributed by atoms with Gasteiger partial charge in [-0.05, 0) is 29.7 Å². The van der Waals surface area contributed by atoms with Crippen LogP contribution in [0.4, 0.5) is 0 Å². The van der Waals surface area contributed by atoms with Crippen LogP contribution in [-0.4, -0.2) is 12.1 Å². The summed E-state index contributed by atoms with van der Waals surface area (Å²) in [6.07, 6.45) is 1.81. The first-order valence-corrected chi connectivity index (χ1v) is 6.51. The number of pyridine rings is 1. The number of hydrogen-bond donors (Lipinski definition) is 1. The summed E-state index contributed by atoms with van der Waals surface area (Å²) >= 11 is 6.09. The number of halogens is 1. The van der Waals surface area contributed by atoms with Gasteiger partial charge in [0.15, 0.2) is 0 Å². The van der Waals surface area contributed by atoms with Crippen molar-refractivity contribution in [3.05, 3.63) is 58.2 Å². The fourth-order valence-corrected chi connectivity index (χ4v) is 1.94. The average Bonchev–Trinajstić information content (AvgIpc) is 2.43. The summed E-state index contributed by atoms with van der Waals surface area (Å²) in [5.74, 6) is 0.633. The number of aromatic nitrogens is 1. The maximum Gasteiger partial charge on any atom is 0.212 e. The fourth-order valence-electron chi connectivity index (χ4n) is 1.73. The Balaban J connectivity index is 1.86. The molecule has 0 amide bonds. The second-order valence-corrected chi connectivity index (χ2v) is 4.80. The molecule has 0 atom stereocenters. The lowest BCUT2D eigenvalue weighted by Gasteiger charge is -2.07. The molecular formula is C15H17ClN2O. The highest BCUT2D eigenvalue weighted by molar-refractivity contribution is 6.31. The van der Waals surface area contributed by atoms with Gasteiger partial charge in [-0.15, -0.1) is 0 Å². The van der Waals surface area contributed by atoms with Gasteiger partial charge in [0.1, 0.15) is 0 Å². The molecule has 19 heavy (non-hydrogen) atoms. The van der Waals surface area contributed by atoms with E-state index in [1.807, 2.05) is 37.4 Å². The van der Waals surface area contributed by atoms with Crippen LogP contribution in [0.2, 0.25) is 5.02 Å². The van der Waals surface area contributed by atoms with Gasteiger partial charge in [0.05, 0.1) is 7.11 Å². The second-order valence-electron chi connectivity index (χ2n) is 4.40. The summed E-state index contributed by atoms with van der Waals surface area (Å²) in [5.41, 5.74) is 3.40. The molecule has 1 N–H and O–H groups in total. The van der Waals surface area contributed by atoms with E-state index in [1.165, 1.54) is 5.56 Å². The average molecular weight is 277 g/mol. The number of methoxy groups -OCH3 is 1. The van der Waals surface area contributed by atoms with Gasteiger partial charge < -0.3 is 10.1 Å². The highest BCUT2D eigenvalue weighted by Crippen LogP contribution is 2.16. The van der Waals surface area contributed by atoms with Crippen molar-refractivity contribution in [3.63, 3.8) is 0 Å². The number of ether oxygens (including phenoxy) is 1. The van der Waals surface area contributed by atoms with Gasteiger partial charge in [-0.2, -0.15) is 0 Å². The van der Waals surface area contributed by atoms with E-state index in [-0.39, 0.29) is 0 Å². The maximum atomic E-state index is 6.09. The van der Waals surface area contributed by atoms with Crippen LogP contribution in [0.3, 0.4) is 0 Å². The first kappa shape index (κ1) is 13.8. The van der Waals surface area contributed by atoms with E-state index < -0.39 is 0 Å². The highest BCUT2D eigenvalue weighted by Gasteiger charge is 1.99. The number of aryl methyl sites for hydroxylation is 1. The quantitative estimate of drug-likeness (QED) is 0.909. The SMILES string of the molecule is COc1ccc(CNCc2ccc(C)c(Cl)c2)cn1. The van der Waals surface area contributed by atoms with E-state index in [9.17, 15) is 0 Å². The molecule has 2 rings (SSSR count). The molecule has 0 aliphatic heterocycles. The van der Waals surface area contributed by atoms with Crippen LogP contribution in [0.15, 0.2) is 36.5 Å². The number of benzene rings is 1. The molecule has 0 aliphatic rings. The van der Waals surface area contributed by atoms with Crippen LogP contribution in [0.5, 0.6) is 5.88 Å². The lowest BCUT2D eigenvalue weighted by molar-refractivity contribution is 0.397. The summed E-state index contributed by atoms with van der Waals surface area (Å²) in [6.45, 7) is 3.55. The van der Waals surface area contributed by atoms with Gasteiger partial charge >= 0.3 is 0 Å². The van der Waals surface area contributed by atoms with Crippen molar-refractivity contribution in [2.45, 2.75) is 20.0 Å².